The van der Waals surface area contributed by atoms with Crippen LogP contribution in [0.25, 0.3) is 0 Å². The first-order valence-electron chi connectivity index (χ1n) is 9.39. The smallest absolute Gasteiger partial charge is 0.119 e. The van der Waals surface area contributed by atoms with E-state index in [1.54, 1.807) is 5.30 Å². The van der Waals surface area contributed by atoms with Crippen LogP contribution in [-0.2, 0) is 0 Å². The van der Waals surface area contributed by atoms with Crippen molar-refractivity contribution < 1.29 is 4.74 Å². The zero-order valence-electron chi connectivity index (χ0n) is 14.1. The highest BCUT2D eigenvalue weighted by atomic mass is 31.1. The van der Waals surface area contributed by atoms with Gasteiger partial charge in [0.1, 0.15) is 5.75 Å². The van der Waals surface area contributed by atoms with E-state index in [0.29, 0.717) is 0 Å². The van der Waals surface area contributed by atoms with Gasteiger partial charge in [0.05, 0.1) is 6.61 Å². The number of benzene rings is 1. The lowest BCUT2D eigenvalue weighted by molar-refractivity contribution is 0.340. The Morgan fingerprint density at radius 3 is 2.05 bits per heavy atom. The van der Waals surface area contributed by atoms with E-state index in [4.69, 9.17) is 4.74 Å². The molecule has 0 saturated heterocycles. The summed E-state index contributed by atoms with van der Waals surface area (Å²) in [4.78, 5) is 0. The van der Waals surface area contributed by atoms with E-state index in [2.05, 4.69) is 31.2 Å². The average Bonchev–Trinajstić information content (AvgIpc) is 2.58. The summed E-state index contributed by atoms with van der Waals surface area (Å²) < 4.78 is 5.78. The van der Waals surface area contributed by atoms with Gasteiger partial charge in [-0.2, -0.15) is 0 Å². The zero-order valence-corrected chi connectivity index (χ0v) is 15.0. The van der Waals surface area contributed by atoms with E-state index in [9.17, 15) is 0 Å². The summed E-state index contributed by atoms with van der Waals surface area (Å²) in [5.41, 5.74) is 1.95. The first-order chi connectivity index (χ1) is 10.9. The van der Waals surface area contributed by atoms with E-state index in [1.165, 1.54) is 64.2 Å². The maximum absolute atomic E-state index is 5.78. The summed E-state index contributed by atoms with van der Waals surface area (Å²) in [5.74, 6) is 1.08. The second-order valence-corrected chi connectivity index (χ2v) is 9.71. The van der Waals surface area contributed by atoms with Crippen molar-refractivity contribution in [1.82, 2.24) is 0 Å². The Kier molecular flexibility index (Phi) is 6.19. The monoisotopic (exact) mass is 318 g/mol. The average molecular weight is 318 g/mol. The van der Waals surface area contributed by atoms with Gasteiger partial charge >= 0.3 is 0 Å². The van der Waals surface area contributed by atoms with E-state index in [0.717, 1.165) is 23.7 Å². The van der Waals surface area contributed by atoms with Crippen molar-refractivity contribution in [3.8, 4) is 5.75 Å². The Morgan fingerprint density at radius 2 is 1.50 bits per heavy atom. The summed E-state index contributed by atoms with van der Waals surface area (Å²) in [5, 5.41) is 1.62. The van der Waals surface area contributed by atoms with Crippen molar-refractivity contribution in [2.75, 3.05) is 6.61 Å². The Balaban J connectivity index is 1.84. The molecule has 1 aromatic carbocycles. The van der Waals surface area contributed by atoms with Crippen LogP contribution < -0.4 is 10.0 Å². The Morgan fingerprint density at radius 1 is 0.909 bits per heavy atom. The van der Waals surface area contributed by atoms with Gasteiger partial charge in [0.2, 0.25) is 0 Å². The molecule has 0 bridgehead atoms. The molecule has 22 heavy (non-hydrogen) atoms. The molecule has 2 heteroatoms. The zero-order chi connectivity index (χ0) is 15.2. The fraction of sp³-hybridized carbons (Fsp3) is 0.700. The molecule has 0 radical (unpaired) electrons. The highest BCUT2D eigenvalue weighted by Gasteiger charge is 2.32. The summed E-state index contributed by atoms with van der Waals surface area (Å²) in [6.45, 7) is 2.85. The quantitative estimate of drug-likeness (QED) is 0.618. The van der Waals surface area contributed by atoms with Crippen LogP contribution in [0.5, 0.6) is 5.75 Å². The molecular weight excluding hydrogens is 287 g/mol. The lowest BCUT2D eigenvalue weighted by atomic mass is 9.99. The van der Waals surface area contributed by atoms with E-state index in [-0.39, 0.29) is 7.92 Å². The molecule has 2 aliphatic rings. The number of hydrogen-bond donors (Lipinski definition) is 0. The van der Waals surface area contributed by atoms with Gasteiger partial charge in [-0.05, 0) is 61.4 Å². The predicted octanol–water partition coefficient (Wildman–Crippen LogP) is 5.86. The molecule has 0 aromatic heterocycles. The first-order valence-corrected chi connectivity index (χ1v) is 10.9. The molecule has 2 saturated carbocycles. The Labute approximate surface area is 137 Å². The molecule has 122 valence electrons. The second kappa shape index (κ2) is 8.34. The third-order valence-electron chi connectivity index (χ3n) is 5.36. The van der Waals surface area contributed by atoms with Gasteiger partial charge in [-0.25, -0.2) is 0 Å². The topological polar surface area (TPSA) is 9.23 Å². The molecule has 0 heterocycles. The molecule has 2 aliphatic carbocycles. The summed E-state index contributed by atoms with van der Waals surface area (Å²) >= 11 is 0. The molecular formula is C20H31OP. The molecule has 3 rings (SSSR count). The lowest BCUT2D eigenvalue weighted by Gasteiger charge is -2.38. The maximum atomic E-state index is 5.78. The van der Waals surface area contributed by atoms with Crippen molar-refractivity contribution >= 4 is 13.2 Å². The van der Waals surface area contributed by atoms with Gasteiger partial charge in [-0.3, -0.25) is 0 Å². The Bertz CT molecular complexity index is 429. The van der Waals surface area contributed by atoms with E-state index in [1.807, 2.05) is 0 Å². The van der Waals surface area contributed by atoms with Gasteiger partial charge in [0.25, 0.3) is 0 Å². The van der Waals surface area contributed by atoms with Crippen molar-refractivity contribution in [2.24, 2.45) is 0 Å². The van der Waals surface area contributed by atoms with Crippen LogP contribution in [0.15, 0.2) is 24.3 Å². The second-order valence-electron chi connectivity index (χ2n) is 6.92. The lowest BCUT2D eigenvalue weighted by Crippen LogP contribution is -2.26. The molecule has 0 aliphatic heterocycles. The molecule has 0 spiro atoms. The molecule has 0 N–H and O–H groups in total. The van der Waals surface area contributed by atoms with Crippen molar-refractivity contribution in [1.29, 1.82) is 0 Å². The molecule has 1 nitrogen and oxygen atoms in total. The van der Waals surface area contributed by atoms with Crippen LogP contribution in [0.4, 0.5) is 0 Å². The molecule has 2 fully saturated rings. The van der Waals surface area contributed by atoms with E-state index >= 15 is 0 Å². The fourth-order valence-electron chi connectivity index (χ4n) is 4.34. The Hall–Kier alpha value is -0.550. The van der Waals surface area contributed by atoms with Gasteiger partial charge < -0.3 is 4.74 Å². The van der Waals surface area contributed by atoms with Crippen LogP contribution in [0, 0.1) is 0 Å². The normalized spacial score (nSPS) is 21.2. The summed E-state index contributed by atoms with van der Waals surface area (Å²) in [6.07, 6.45) is 14.7. The predicted molar refractivity (Wildman–Crippen MR) is 97.9 cm³/mol. The largest absolute Gasteiger partial charge is 0.494 e. The minimum Gasteiger partial charge on any atom is -0.494 e. The van der Waals surface area contributed by atoms with Crippen LogP contribution in [0.1, 0.15) is 71.1 Å². The van der Waals surface area contributed by atoms with Gasteiger partial charge in [-0.1, -0.05) is 58.6 Å². The SMILES string of the molecule is CCOc1cccc(P(C2CCCCC2)C2CCCCC2)c1. The molecule has 0 unspecified atom stereocenters. The van der Waals surface area contributed by atoms with Crippen LogP contribution in [-0.4, -0.2) is 17.9 Å². The molecule has 1 aromatic rings. The minimum atomic E-state index is 0.000970. The third-order valence-corrected chi connectivity index (χ3v) is 8.84. The number of hydrogen-bond acceptors (Lipinski definition) is 1. The van der Waals surface area contributed by atoms with Crippen molar-refractivity contribution in [3.63, 3.8) is 0 Å². The highest BCUT2D eigenvalue weighted by molar-refractivity contribution is 7.67. The highest BCUT2D eigenvalue weighted by Crippen LogP contribution is 2.55. The minimum absolute atomic E-state index is 0.000970. The summed E-state index contributed by atoms with van der Waals surface area (Å²) in [7, 11) is 0.000970. The summed E-state index contributed by atoms with van der Waals surface area (Å²) in [6, 6.07) is 9.12. The third kappa shape index (κ3) is 4.05. The maximum Gasteiger partial charge on any atom is 0.119 e. The van der Waals surface area contributed by atoms with Gasteiger partial charge in [0, 0.05) is 0 Å². The van der Waals surface area contributed by atoms with Crippen LogP contribution in [0.2, 0.25) is 0 Å². The fourth-order valence-corrected chi connectivity index (χ4v) is 8.16. The number of ether oxygens (including phenoxy) is 1. The van der Waals surface area contributed by atoms with Crippen LogP contribution >= 0.6 is 7.92 Å². The van der Waals surface area contributed by atoms with Crippen molar-refractivity contribution in [2.45, 2.75) is 82.4 Å². The van der Waals surface area contributed by atoms with E-state index < -0.39 is 0 Å². The van der Waals surface area contributed by atoms with Crippen LogP contribution in [0.3, 0.4) is 0 Å². The standard InChI is InChI=1S/C20H31OP/c1-2-21-17-10-9-15-20(16-17)22(18-11-5-3-6-12-18)19-13-7-4-8-14-19/h9-10,15-16,18-19H,2-8,11-14H2,1H3. The van der Waals surface area contributed by atoms with Gasteiger partial charge in [0.15, 0.2) is 0 Å². The van der Waals surface area contributed by atoms with Crippen molar-refractivity contribution in [3.05, 3.63) is 24.3 Å². The van der Waals surface area contributed by atoms with Gasteiger partial charge in [-0.15, -0.1) is 0 Å². The molecule has 0 amide bonds. The number of rotatable bonds is 5. The first kappa shape index (κ1) is 16.3. The molecule has 0 atom stereocenters.